The molecule has 41 heavy (non-hydrogen) atoms. The van der Waals surface area contributed by atoms with Crippen molar-refractivity contribution in [1.29, 1.82) is 0 Å². The Bertz CT molecular complexity index is 1070. The Labute approximate surface area is 245 Å². The van der Waals surface area contributed by atoms with Crippen molar-refractivity contribution in [3.8, 4) is 0 Å². The molecular formula is C27H43ClF3N5O4S. The van der Waals surface area contributed by atoms with E-state index in [2.05, 4.69) is 20.7 Å². The van der Waals surface area contributed by atoms with Crippen molar-refractivity contribution in [3.63, 3.8) is 0 Å². The van der Waals surface area contributed by atoms with Crippen LogP contribution in [0.4, 0.5) is 13.2 Å². The molecule has 0 aromatic rings. The minimum Gasteiger partial charge on any atom is -0.381 e. The second-order valence-corrected chi connectivity index (χ2v) is 16.1. The van der Waals surface area contributed by atoms with Crippen molar-refractivity contribution in [3.05, 3.63) is 0 Å². The third-order valence-electron chi connectivity index (χ3n) is 11.0. The first kappa shape index (κ1) is 30.3. The summed E-state index contributed by atoms with van der Waals surface area (Å²) in [5.74, 6) is -2.20. The van der Waals surface area contributed by atoms with Gasteiger partial charge in [-0.3, -0.25) is 15.0 Å². The highest BCUT2D eigenvalue weighted by atomic mass is 35.5. The number of nitrogens with zero attached hydrogens (tertiary/aromatic N) is 3. The van der Waals surface area contributed by atoms with Crippen LogP contribution in [0.1, 0.15) is 57.8 Å². The number of halogens is 4. The van der Waals surface area contributed by atoms with Crippen LogP contribution in [0.2, 0.25) is 0 Å². The number of fused-ring (bicyclic) bond motifs is 4. The van der Waals surface area contributed by atoms with E-state index in [9.17, 15) is 26.4 Å². The first-order valence-electron chi connectivity index (χ1n) is 15.2. The number of piperidine rings is 1. The van der Waals surface area contributed by atoms with E-state index < -0.39 is 39.8 Å². The van der Waals surface area contributed by atoms with Gasteiger partial charge in [-0.05, 0) is 63.8 Å². The van der Waals surface area contributed by atoms with Gasteiger partial charge in [-0.2, -0.15) is 13.2 Å². The molecule has 14 heteroatoms. The molecule has 1 saturated carbocycles. The highest BCUT2D eigenvalue weighted by Gasteiger charge is 2.59. The van der Waals surface area contributed by atoms with E-state index in [0.717, 1.165) is 50.5 Å². The molecule has 6 atom stereocenters. The fourth-order valence-corrected chi connectivity index (χ4v) is 10.7. The van der Waals surface area contributed by atoms with Gasteiger partial charge in [-0.1, -0.05) is 0 Å². The topological polar surface area (TPSA) is 94.2 Å². The predicted octanol–water partition coefficient (Wildman–Crippen LogP) is 2.31. The average Bonchev–Trinajstić information content (AvgIpc) is 3.54. The van der Waals surface area contributed by atoms with Gasteiger partial charge < -0.3 is 9.64 Å². The molecule has 1 amide bonds. The van der Waals surface area contributed by atoms with Gasteiger partial charge in [0.15, 0.2) is 0 Å². The number of ether oxygens (including phenoxy) is 1. The third kappa shape index (κ3) is 5.78. The van der Waals surface area contributed by atoms with Gasteiger partial charge in [-0.15, -0.1) is 11.6 Å². The Kier molecular flexibility index (Phi) is 8.39. The minimum atomic E-state index is -4.55. The van der Waals surface area contributed by atoms with Crippen LogP contribution in [-0.2, 0) is 19.4 Å². The Morgan fingerprint density at radius 2 is 1.83 bits per heavy atom. The molecule has 0 radical (unpaired) electrons. The van der Waals surface area contributed by atoms with E-state index in [1.807, 2.05) is 0 Å². The Morgan fingerprint density at radius 1 is 1.12 bits per heavy atom. The molecule has 9 nitrogen and oxygen atoms in total. The van der Waals surface area contributed by atoms with Crippen molar-refractivity contribution < 1.29 is 31.1 Å². The van der Waals surface area contributed by atoms with Gasteiger partial charge in [0.05, 0.1) is 35.8 Å². The highest BCUT2D eigenvalue weighted by molar-refractivity contribution is 7.91. The number of hydrazine groups is 1. The molecule has 5 heterocycles. The quantitative estimate of drug-likeness (QED) is 0.363. The Balaban J connectivity index is 1.14. The monoisotopic (exact) mass is 625 g/mol. The van der Waals surface area contributed by atoms with Crippen LogP contribution < -0.4 is 10.7 Å². The summed E-state index contributed by atoms with van der Waals surface area (Å²) in [6, 6.07) is -1.24. The van der Waals surface area contributed by atoms with Crippen molar-refractivity contribution >= 4 is 27.3 Å². The molecule has 2 N–H and O–H groups in total. The molecule has 6 aliphatic rings. The molecule has 234 valence electrons. The molecule has 1 spiro atoms. The van der Waals surface area contributed by atoms with Gasteiger partial charge in [0, 0.05) is 50.0 Å². The Morgan fingerprint density at radius 3 is 2.46 bits per heavy atom. The number of rotatable bonds is 4. The molecule has 1 aliphatic carbocycles. The number of alkyl halides is 4. The smallest absolute Gasteiger partial charge is 0.381 e. The van der Waals surface area contributed by atoms with Crippen molar-refractivity contribution in [1.82, 2.24) is 25.6 Å². The van der Waals surface area contributed by atoms with E-state index >= 15 is 0 Å². The lowest BCUT2D eigenvalue weighted by Crippen LogP contribution is -2.75. The van der Waals surface area contributed by atoms with Gasteiger partial charge in [0.2, 0.25) is 5.91 Å². The normalized spacial score (nSPS) is 41.2. The van der Waals surface area contributed by atoms with Crippen molar-refractivity contribution in [2.24, 2.45) is 17.3 Å². The first-order chi connectivity index (χ1) is 19.4. The van der Waals surface area contributed by atoms with Crippen LogP contribution in [0.5, 0.6) is 0 Å². The molecule has 6 fully saturated rings. The number of likely N-dealkylation sites (tertiary alicyclic amines) is 1. The molecule has 4 unspecified atom stereocenters. The summed E-state index contributed by atoms with van der Waals surface area (Å²) in [4.78, 5) is 16.6. The average molecular weight is 626 g/mol. The number of hydrogen-bond donors (Lipinski definition) is 2. The van der Waals surface area contributed by atoms with Crippen LogP contribution in [0.15, 0.2) is 0 Å². The van der Waals surface area contributed by atoms with Crippen molar-refractivity contribution in [2.45, 2.75) is 99.8 Å². The third-order valence-corrected chi connectivity index (χ3v) is 13.0. The fraction of sp³-hybridized carbons (Fsp3) is 0.963. The molecule has 0 aromatic heterocycles. The molecular weight excluding hydrogens is 583 g/mol. The summed E-state index contributed by atoms with van der Waals surface area (Å²) in [5.41, 5.74) is 3.40. The highest BCUT2D eigenvalue weighted by Crippen LogP contribution is 2.49. The van der Waals surface area contributed by atoms with E-state index in [0.29, 0.717) is 25.7 Å². The zero-order valence-electron chi connectivity index (χ0n) is 23.6. The molecule has 6 rings (SSSR count). The first-order valence-corrected chi connectivity index (χ1v) is 17.4. The predicted molar refractivity (Wildman–Crippen MR) is 148 cm³/mol. The number of nitrogens with one attached hydrogen (secondary N) is 2. The number of carbonyl (C=O) groups excluding carboxylic acids is 1. The van der Waals surface area contributed by atoms with Crippen LogP contribution in [0.25, 0.3) is 0 Å². The zero-order chi connectivity index (χ0) is 29.2. The zero-order valence-corrected chi connectivity index (χ0v) is 25.2. The summed E-state index contributed by atoms with van der Waals surface area (Å²) in [6.45, 7) is 3.20. The van der Waals surface area contributed by atoms with Gasteiger partial charge in [0.1, 0.15) is 15.9 Å². The van der Waals surface area contributed by atoms with Crippen LogP contribution >= 0.6 is 11.6 Å². The van der Waals surface area contributed by atoms with E-state index in [-0.39, 0.29) is 59.6 Å². The molecule has 0 aromatic carbocycles. The van der Waals surface area contributed by atoms with E-state index in [4.69, 9.17) is 16.3 Å². The molecule has 0 bridgehead atoms. The van der Waals surface area contributed by atoms with Gasteiger partial charge >= 0.3 is 6.18 Å². The number of hydrogen-bond acceptors (Lipinski definition) is 8. The minimum absolute atomic E-state index is 0.0512. The summed E-state index contributed by atoms with van der Waals surface area (Å²) in [5, 5.41) is 5.98. The number of carbonyl (C=O) groups is 1. The SMILES string of the molecule is CN(C(=O)C1CCS(=O)(=O)CC1)[C@@H](C1CCC(N2CC[C@@]3(CCOC3)C3C2CNC2CC(Cl)NN23)CC1)C(F)(F)F. The molecule has 5 saturated heterocycles. The lowest BCUT2D eigenvalue weighted by Gasteiger charge is -2.59. The lowest BCUT2D eigenvalue weighted by atomic mass is 9.68. The lowest BCUT2D eigenvalue weighted by molar-refractivity contribution is -0.203. The second-order valence-electron chi connectivity index (χ2n) is 13.3. The fourth-order valence-electron chi connectivity index (χ4n) is 8.91. The van der Waals surface area contributed by atoms with Gasteiger partial charge in [0.25, 0.3) is 0 Å². The maximum atomic E-state index is 14.5. The maximum Gasteiger partial charge on any atom is 0.409 e. The Hall–Kier alpha value is -0.700. The number of sulfone groups is 1. The summed E-state index contributed by atoms with van der Waals surface area (Å²) in [7, 11) is -1.95. The largest absolute Gasteiger partial charge is 0.409 e. The van der Waals surface area contributed by atoms with Crippen LogP contribution in [-0.4, -0.2) is 116 Å². The summed E-state index contributed by atoms with van der Waals surface area (Å²) in [6.07, 6.45) is 0.728. The van der Waals surface area contributed by atoms with E-state index in [1.54, 1.807) is 0 Å². The number of amides is 1. The molecule has 5 aliphatic heterocycles. The van der Waals surface area contributed by atoms with E-state index in [1.165, 1.54) is 7.05 Å². The standard InChI is InChI=1S/C27H43ClF3N5O4S/c1-34(25(37)18-6-12-41(38,39)13-7-18)23(27(29,30)31)17-2-4-19(5-3-17)35-10-8-26(9-11-40-16-26)24-20(35)15-32-22-14-21(28)33-36(22)24/h17-24,32-33H,2-16H2,1H3/t17?,19?,20?,21?,22?,23-,24?,26-/m0/s1. The van der Waals surface area contributed by atoms with Gasteiger partial charge in [-0.25, -0.2) is 18.9 Å². The summed E-state index contributed by atoms with van der Waals surface area (Å²) >= 11 is 6.51. The second kappa shape index (κ2) is 11.3. The maximum absolute atomic E-state index is 14.5. The summed E-state index contributed by atoms with van der Waals surface area (Å²) < 4.78 is 72.9. The van der Waals surface area contributed by atoms with Crippen LogP contribution in [0.3, 0.4) is 0 Å². The van der Waals surface area contributed by atoms with Crippen molar-refractivity contribution in [2.75, 3.05) is 44.9 Å². The van der Waals surface area contributed by atoms with Crippen LogP contribution in [0, 0.1) is 17.3 Å².